The van der Waals surface area contributed by atoms with E-state index in [0.29, 0.717) is 6.54 Å². The minimum absolute atomic E-state index is 0.0600. The molecule has 0 aliphatic heterocycles. The number of nitrogens with one attached hydrogen (secondary N) is 1. The second-order valence-corrected chi connectivity index (χ2v) is 11.3. The first-order chi connectivity index (χ1) is 11.2. The number of carbonyl (C=O) groups is 1. The molecule has 3 aliphatic rings. The number of fused-ring (bicyclic) bond motifs is 1. The molecule has 4 rings (SSSR count). The van der Waals surface area contributed by atoms with Gasteiger partial charge in [-0.05, 0) is 36.0 Å². The SMILES string of the molecule is COc1ccc(CNC(=O)[C@@]23CC[C@@](C(Br)Br)([C@@H]2Br)C3(C)C)cc1. The molecule has 3 saturated carbocycles. The highest BCUT2D eigenvalue weighted by Crippen LogP contribution is 2.82. The van der Waals surface area contributed by atoms with E-state index in [9.17, 15) is 4.79 Å². The number of ether oxygens (including phenoxy) is 1. The number of hydrogen-bond acceptors (Lipinski definition) is 2. The van der Waals surface area contributed by atoms with Gasteiger partial charge in [-0.15, -0.1) is 0 Å². The second-order valence-electron chi connectivity index (χ2n) is 7.33. The molecule has 0 aromatic heterocycles. The van der Waals surface area contributed by atoms with E-state index in [4.69, 9.17) is 4.74 Å². The van der Waals surface area contributed by atoms with Gasteiger partial charge in [-0.2, -0.15) is 0 Å². The molecule has 3 aliphatic carbocycles. The maximum absolute atomic E-state index is 13.1. The smallest absolute Gasteiger partial charge is 0.228 e. The molecule has 2 bridgehead atoms. The standard InChI is InChI=1S/C18H22Br3NO2/c1-16(2)17(14(20)21)8-9-18(16,13(17)19)15(23)22-10-11-4-6-12(24-3)7-5-11/h4-7,13-14H,8-10H2,1-3H3,(H,22,23)/t13-,17-,18+/m0/s1. The Kier molecular flexibility index (Phi) is 4.89. The molecule has 3 fully saturated rings. The quantitative estimate of drug-likeness (QED) is 0.552. The number of rotatable bonds is 5. The van der Waals surface area contributed by atoms with E-state index >= 15 is 0 Å². The Hall–Kier alpha value is -0.0700. The molecule has 1 aromatic rings. The fourth-order valence-electron chi connectivity index (χ4n) is 4.78. The second kappa shape index (κ2) is 6.27. The first-order valence-corrected chi connectivity index (χ1v) is 10.8. The molecule has 0 radical (unpaired) electrons. The summed E-state index contributed by atoms with van der Waals surface area (Å²) in [7, 11) is 1.65. The van der Waals surface area contributed by atoms with Crippen molar-refractivity contribution in [1.82, 2.24) is 5.32 Å². The first-order valence-electron chi connectivity index (χ1n) is 8.07. The van der Waals surface area contributed by atoms with Gasteiger partial charge in [-0.25, -0.2) is 0 Å². The van der Waals surface area contributed by atoms with Crippen LogP contribution in [0.15, 0.2) is 24.3 Å². The van der Waals surface area contributed by atoms with Crippen molar-refractivity contribution >= 4 is 53.7 Å². The minimum Gasteiger partial charge on any atom is -0.497 e. The average Bonchev–Trinajstić information content (AvgIpc) is 3.03. The summed E-state index contributed by atoms with van der Waals surface area (Å²) in [5.41, 5.74) is 0.714. The summed E-state index contributed by atoms with van der Waals surface area (Å²) in [6, 6.07) is 7.81. The summed E-state index contributed by atoms with van der Waals surface area (Å²) in [4.78, 5) is 13.3. The number of alkyl halides is 3. The van der Waals surface area contributed by atoms with E-state index < -0.39 is 0 Å². The topological polar surface area (TPSA) is 38.3 Å². The van der Waals surface area contributed by atoms with Crippen LogP contribution in [-0.4, -0.2) is 21.6 Å². The minimum atomic E-state index is -0.348. The average molecular weight is 524 g/mol. The number of carbonyl (C=O) groups excluding carboxylic acids is 1. The highest BCUT2D eigenvalue weighted by Gasteiger charge is 2.83. The lowest BCUT2D eigenvalue weighted by Crippen LogP contribution is -2.72. The van der Waals surface area contributed by atoms with Gasteiger partial charge < -0.3 is 10.1 Å². The lowest BCUT2D eigenvalue weighted by Gasteiger charge is -2.66. The molecule has 1 amide bonds. The lowest BCUT2D eigenvalue weighted by atomic mass is 9.43. The molecule has 24 heavy (non-hydrogen) atoms. The normalized spacial score (nSPS) is 33.2. The van der Waals surface area contributed by atoms with Gasteiger partial charge in [-0.3, -0.25) is 4.79 Å². The fraction of sp³-hybridized carbons (Fsp3) is 0.611. The molecule has 0 unspecified atom stereocenters. The molecule has 6 heteroatoms. The van der Waals surface area contributed by atoms with E-state index in [0.717, 1.165) is 24.2 Å². The van der Waals surface area contributed by atoms with Crippen molar-refractivity contribution in [3.63, 3.8) is 0 Å². The van der Waals surface area contributed by atoms with Gasteiger partial charge in [0.25, 0.3) is 0 Å². The molecular formula is C18H22Br3NO2. The number of hydrogen-bond donors (Lipinski definition) is 1. The van der Waals surface area contributed by atoms with Crippen LogP contribution in [0.5, 0.6) is 5.75 Å². The van der Waals surface area contributed by atoms with Crippen LogP contribution in [0.2, 0.25) is 0 Å². The Morgan fingerprint density at radius 3 is 2.38 bits per heavy atom. The van der Waals surface area contributed by atoms with E-state index in [1.807, 2.05) is 24.3 Å². The number of methoxy groups -OCH3 is 1. The van der Waals surface area contributed by atoms with Crippen molar-refractivity contribution in [2.75, 3.05) is 7.11 Å². The summed E-state index contributed by atoms with van der Waals surface area (Å²) in [5.74, 6) is 0.976. The number of benzene rings is 1. The van der Waals surface area contributed by atoms with Gasteiger partial charge in [-0.1, -0.05) is 73.8 Å². The van der Waals surface area contributed by atoms with Crippen LogP contribution in [0.3, 0.4) is 0 Å². The van der Waals surface area contributed by atoms with Crippen LogP contribution >= 0.6 is 47.8 Å². The third-order valence-corrected chi connectivity index (χ3v) is 9.74. The van der Waals surface area contributed by atoms with E-state index in [1.165, 1.54) is 0 Å². The van der Waals surface area contributed by atoms with Crippen molar-refractivity contribution in [3.05, 3.63) is 29.8 Å². The Morgan fingerprint density at radius 2 is 1.92 bits per heavy atom. The van der Waals surface area contributed by atoms with Crippen molar-refractivity contribution < 1.29 is 9.53 Å². The summed E-state index contributed by atoms with van der Waals surface area (Å²) < 4.78 is 5.37. The van der Waals surface area contributed by atoms with Gasteiger partial charge >= 0.3 is 0 Å². The van der Waals surface area contributed by atoms with Crippen LogP contribution in [-0.2, 0) is 11.3 Å². The maximum Gasteiger partial charge on any atom is 0.228 e. The van der Waals surface area contributed by atoms with Gasteiger partial charge in [0.2, 0.25) is 5.91 Å². The van der Waals surface area contributed by atoms with E-state index in [2.05, 4.69) is 67.0 Å². The Labute approximate surface area is 168 Å². The lowest BCUT2D eigenvalue weighted by molar-refractivity contribution is -0.161. The van der Waals surface area contributed by atoms with Crippen molar-refractivity contribution in [3.8, 4) is 5.75 Å². The summed E-state index contributed by atoms with van der Waals surface area (Å²) in [6.45, 7) is 4.99. The summed E-state index contributed by atoms with van der Waals surface area (Å²) in [5, 5.41) is 3.16. The molecular weight excluding hydrogens is 502 g/mol. The van der Waals surface area contributed by atoms with Gasteiger partial charge in [0.15, 0.2) is 0 Å². The van der Waals surface area contributed by atoms with Crippen LogP contribution in [0.25, 0.3) is 0 Å². The Morgan fingerprint density at radius 1 is 1.29 bits per heavy atom. The third kappa shape index (κ3) is 2.21. The van der Waals surface area contributed by atoms with Gasteiger partial charge in [0, 0.05) is 16.8 Å². The maximum atomic E-state index is 13.1. The van der Waals surface area contributed by atoms with Crippen molar-refractivity contribution in [2.45, 2.75) is 41.8 Å². The molecule has 0 spiro atoms. The monoisotopic (exact) mass is 521 g/mol. The zero-order chi connectivity index (χ0) is 17.8. The molecule has 3 atom stereocenters. The first kappa shape index (κ1) is 18.7. The van der Waals surface area contributed by atoms with E-state index in [1.54, 1.807) is 7.11 Å². The molecule has 132 valence electrons. The van der Waals surface area contributed by atoms with E-state index in [-0.39, 0.29) is 30.7 Å². The molecule has 1 aromatic carbocycles. The number of halogens is 3. The zero-order valence-electron chi connectivity index (χ0n) is 14.0. The fourth-order valence-corrected chi connectivity index (χ4v) is 9.70. The van der Waals surface area contributed by atoms with Crippen LogP contribution in [0.1, 0.15) is 32.3 Å². The predicted octanol–water partition coefficient (Wildman–Crippen LogP) is 5.00. The summed E-state index contributed by atoms with van der Waals surface area (Å²) in [6.07, 6.45) is 1.95. The third-order valence-electron chi connectivity index (χ3n) is 6.50. The largest absolute Gasteiger partial charge is 0.497 e. The highest BCUT2D eigenvalue weighted by atomic mass is 79.9. The Balaban J connectivity index is 1.74. The van der Waals surface area contributed by atoms with Crippen molar-refractivity contribution in [1.29, 1.82) is 0 Å². The molecule has 0 saturated heterocycles. The zero-order valence-corrected chi connectivity index (χ0v) is 18.8. The molecule has 0 heterocycles. The highest BCUT2D eigenvalue weighted by molar-refractivity contribution is 9.24. The summed E-state index contributed by atoms with van der Waals surface area (Å²) >= 11 is 11.3. The predicted molar refractivity (Wildman–Crippen MR) is 107 cm³/mol. The van der Waals surface area contributed by atoms with Gasteiger partial charge in [0.1, 0.15) is 5.75 Å². The van der Waals surface area contributed by atoms with Crippen LogP contribution in [0, 0.1) is 16.2 Å². The molecule has 1 N–H and O–H groups in total. The van der Waals surface area contributed by atoms with Crippen LogP contribution in [0.4, 0.5) is 0 Å². The van der Waals surface area contributed by atoms with Crippen LogP contribution < -0.4 is 10.1 Å². The Bertz CT molecular complexity index is 646. The number of amides is 1. The molecule has 3 nitrogen and oxygen atoms in total. The van der Waals surface area contributed by atoms with Crippen molar-refractivity contribution in [2.24, 2.45) is 16.2 Å². The van der Waals surface area contributed by atoms with Gasteiger partial charge in [0.05, 0.1) is 16.3 Å².